The van der Waals surface area contributed by atoms with Crippen molar-refractivity contribution in [3.8, 4) is 0 Å². The van der Waals surface area contributed by atoms with E-state index in [1.54, 1.807) is 0 Å². The van der Waals surface area contributed by atoms with E-state index in [2.05, 4.69) is 53.8 Å². The average molecular weight is 236 g/mol. The normalized spacial score (nSPS) is 26.1. The Morgan fingerprint density at radius 3 is 2.94 bits per heavy atom. The second-order valence-electron chi connectivity index (χ2n) is 5.19. The lowest BCUT2D eigenvalue weighted by Gasteiger charge is -2.35. The molecule has 1 aliphatic rings. The minimum absolute atomic E-state index is 0.563. The van der Waals surface area contributed by atoms with Gasteiger partial charge in [0.2, 0.25) is 5.95 Å². The predicted octanol–water partition coefficient (Wildman–Crippen LogP) is 2.11. The van der Waals surface area contributed by atoms with Gasteiger partial charge < -0.3 is 14.8 Å². The molecule has 0 bridgehead atoms. The summed E-state index contributed by atoms with van der Waals surface area (Å²) in [6.45, 7) is 8.65. The number of hydrogen-bond acceptors (Lipinski definition) is 3. The van der Waals surface area contributed by atoms with Crippen molar-refractivity contribution in [3.63, 3.8) is 0 Å². The number of piperidine rings is 1. The summed E-state index contributed by atoms with van der Waals surface area (Å²) in [5.74, 6) is 1.03. The van der Waals surface area contributed by atoms with Crippen molar-refractivity contribution in [2.75, 3.05) is 18.9 Å². The summed E-state index contributed by atoms with van der Waals surface area (Å²) in [7, 11) is 2.21. The van der Waals surface area contributed by atoms with Gasteiger partial charge in [-0.05, 0) is 40.7 Å². The van der Waals surface area contributed by atoms with Gasteiger partial charge in [-0.1, -0.05) is 0 Å². The Bertz CT molecular complexity index is 371. The second-order valence-corrected chi connectivity index (χ2v) is 5.19. The second kappa shape index (κ2) is 5.08. The largest absolute Gasteiger partial charge is 0.353 e. The Morgan fingerprint density at radius 2 is 2.29 bits per heavy atom. The van der Waals surface area contributed by atoms with Crippen molar-refractivity contribution < 1.29 is 0 Å². The molecule has 2 unspecified atom stereocenters. The lowest BCUT2D eigenvalue weighted by atomic mass is 9.99. The Hall–Kier alpha value is -1.03. The van der Waals surface area contributed by atoms with Crippen LogP contribution in [0.1, 0.15) is 32.4 Å². The quantitative estimate of drug-likeness (QED) is 0.872. The molecule has 0 aromatic carbocycles. The molecule has 96 valence electrons. The Labute approximate surface area is 104 Å². The van der Waals surface area contributed by atoms with Gasteiger partial charge in [-0.2, -0.15) is 0 Å². The number of likely N-dealkylation sites (tertiary alicyclic amines) is 1. The van der Waals surface area contributed by atoms with Crippen molar-refractivity contribution in [2.24, 2.45) is 0 Å². The van der Waals surface area contributed by atoms with E-state index in [9.17, 15) is 0 Å². The molecule has 0 radical (unpaired) electrons. The van der Waals surface area contributed by atoms with E-state index in [1.807, 2.05) is 0 Å². The number of nitrogens with one attached hydrogen (secondary N) is 1. The summed E-state index contributed by atoms with van der Waals surface area (Å²) in [5.41, 5.74) is 1.09. The van der Waals surface area contributed by atoms with Gasteiger partial charge in [0.15, 0.2) is 0 Å². The molecule has 1 aromatic heterocycles. The number of aromatic nitrogens is 2. The van der Waals surface area contributed by atoms with Crippen molar-refractivity contribution in [1.82, 2.24) is 14.5 Å². The smallest absolute Gasteiger partial charge is 0.203 e. The highest BCUT2D eigenvalue weighted by atomic mass is 15.2. The van der Waals surface area contributed by atoms with Crippen LogP contribution in [0, 0.1) is 6.92 Å². The van der Waals surface area contributed by atoms with E-state index >= 15 is 0 Å². The van der Waals surface area contributed by atoms with Gasteiger partial charge in [-0.3, -0.25) is 0 Å². The van der Waals surface area contributed by atoms with Crippen LogP contribution in [-0.4, -0.2) is 40.1 Å². The van der Waals surface area contributed by atoms with Crippen LogP contribution in [0.2, 0.25) is 0 Å². The molecule has 17 heavy (non-hydrogen) atoms. The van der Waals surface area contributed by atoms with Crippen LogP contribution in [0.3, 0.4) is 0 Å². The fraction of sp³-hybridized carbons (Fsp3) is 0.769. The monoisotopic (exact) mass is 236 g/mol. The van der Waals surface area contributed by atoms with Crippen molar-refractivity contribution >= 4 is 5.95 Å². The fourth-order valence-corrected chi connectivity index (χ4v) is 2.51. The van der Waals surface area contributed by atoms with Crippen LogP contribution >= 0.6 is 0 Å². The first-order chi connectivity index (χ1) is 8.10. The zero-order valence-corrected chi connectivity index (χ0v) is 11.4. The topological polar surface area (TPSA) is 33.1 Å². The van der Waals surface area contributed by atoms with Crippen molar-refractivity contribution in [2.45, 2.75) is 52.2 Å². The Balaban J connectivity index is 2.00. The lowest BCUT2D eigenvalue weighted by molar-refractivity contribution is 0.189. The molecule has 1 N–H and O–H groups in total. The van der Waals surface area contributed by atoms with Gasteiger partial charge in [-0.15, -0.1) is 0 Å². The average Bonchev–Trinajstić information content (AvgIpc) is 2.64. The lowest BCUT2D eigenvalue weighted by Crippen LogP contribution is -2.43. The number of aryl methyl sites for hydroxylation is 2. The number of rotatable bonds is 3. The maximum absolute atomic E-state index is 4.56. The fourth-order valence-electron chi connectivity index (χ4n) is 2.51. The standard InChI is InChI=1S/C13H24N4/c1-5-17-9-10(2)14-13(17)15-12-6-7-16(4)11(3)8-12/h9,11-12H,5-8H2,1-4H3,(H,14,15). The molecule has 1 saturated heterocycles. The predicted molar refractivity (Wildman–Crippen MR) is 71.4 cm³/mol. The molecule has 4 nitrogen and oxygen atoms in total. The van der Waals surface area contributed by atoms with Crippen molar-refractivity contribution in [1.29, 1.82) is 0 Å². The third-order valence-corrected chi connectivity index (χ3v) is 3.78. The van der Waals surface area contributed by atoms with Crippen LogP contribution in [0.15, 0.2) is 6.20 Å². The Kier molecular flexibility index (Phi) is 3.72. The third kappa shape index (κ3) is 2.80. The molecular weight excluding hydrogens is 212 g/mol. The van der Waals surface area contributed by atoms with E-state index in [0.717, 1.165) is 18.2 Å². The molecule has 4 heteroatoms. The summed E-state index contributed by atoms with van der Waals surface area (Å²) in [6, 6.07) is 1.22. The van der Waals surface area contributed by atoms with Gasteiger partial charge in [0.1, 0.15) is 0 Å². The van der Waals surface area contributed by atoms with Crippen LogP contribution in [0.4, 0.5) is 5.95 Å². The molecular formula is C13H24N4. The van der Waals surface area contributed by atoms with Crippen LogP contribution in [0.25, 0.3) is 0 Å². The van der Waals surface area contributed by atoms with E-state index in [1.165, 1.54) is 19.4 Å². The molecule has 2 heterocycles. The Morgan fingerprint density at radius 1 is 1.53 bits per heavy atom. The summed E-state index contributed by atoms with van der Waals surface area (Å²) >= 11 is 0. The number of nitrogens with zero attached hydrogens (tertiary/aromatic N) is 3. The molecule has 0 aliphatic carbocycles. The highest BCUT2D eigenvalue weighted by Crippen LogP contribution is 2.19. The first-order valence-electron chi connectivity index (χ1n) is 6.60. The molecule has 2 rings (SSSR count). The zero-order valence-electron chi connectivity index (χ0n) is 11.4. The van der Waals surface area contributed by atoms with Gasteiger partial charge >= 0.3 is 0 Å². The van der Waals surface area contributed by atoms with Gasteiger partial charge in [-0.25, -0.2) is 4.98 Å². The van der Waals surface area contributed by atoms with Crippen molar-refractivity contribution in [3.05, 3.63) is 11.9 Å². The first-order valence-corrected chi connectivity index (χ1v) is 6.60. The molecule has 0 amide bonds. The molecule has 0 saturated carbocycles. The maximum atomic E-state index is 4.56. The SMILES string of the molecule is CCn1cc(C)nc1NC1CCN(C)C(C)C1. The summed E-state index contributed by atoms with van der Waals surface area (Å²) in [5, 5.41) is 3.60. The minimum atomic E-state index is 0.563. The summed E-state index contributed by atoms with van der Waals surface area (Å²) in [4.78, 5) is 6.98. The molecule has 2 atom stereocenters. The highest BCUT2D eigenvalue weighted by molar-refractivity contribution is 5.30. The van der Waals surface area contributed by atoms with E-state index in [4.69, 9.17) is 0 Å². The zero-order chi connectivity index (χ0) is 12.4. The number of anilines is 1. The van der Waals surface area contributed by atoms with Gasteiger partial charge in [0.05, 0.1) is 5.69 Å². The highest BCUT2D eigenvalue weighted by Gasteiger charge is 2.23. The third-order valence-electron chi connectivity index (χ3n) is 3.78. The summed E-state index contributed by atoms with van der Waals surface area (Å²) < 4.78 is 2.19. The number of imidazole rings is 1. The molecule has 1 aromatic rings. The number of hydrogen-bond donors (Lipinski definition) is 1. The van der Waals surface area contributed by atoms with Crippen LogP contribution in [0.5, 0.6) is 0 Å². The van der Waals surface area contributed by atoms with E-state index in [-0.39, 0.29) is 0 Å². The minimum Gasteiger partial charge on any atom is -0.353 e. The van der Waals surface area contributed by atoms with E-state index < -0.39 is 0 Å². The van der Waals surface area contributed by atoms with Gasteiger partial charge in [0, 0.05) is 31.4 Å². The maximum Gasteiger partial charge on any atom is 0.203 e. The van der Waals surface area contributed by atoms with Crippen LogP contribution < -0.4 is 5.32 Å². The molecule has 1 aliphatic heterocycles. The molecule has 0 spiro atoms. The van der Waals surface area contributed by atoms with Crippen LogP contribution in [-0.2, 0) is 6.54 Å². The van der Waals surface area contributed by atoms with E-state index in [0.29, 0.717) is 12.1 Å². The molecule has 1 fully saturated rings. The summed E-state index contributed by atoms with van der Waals surface area (Å²) in [6.07, 6.45) is 4.52. The van der Waals surface area contributed by atoms with Gasteiger partial charge in [0.25, 0.3) is 0 Å². The first kappa shape index (κ1) is 12.4.